The van der Waals surface area contributed by atoms with Crippen molar-refractivity contribution in [1.29, 1.82) is 0 Å². The number of pyridine rings is 2. The summed E-state index contributed by atoms with van der Waals surface area (Å²) in [4.78, 5) is 20.2. The van der Waals surface area contributed by atoms with Crippen molar-refractivity contribution in [1.82, 2.24) is 15.3 Å². The third-order valence-electron chi connectivity index (χ3n) is 2.84. The molecule has 21 heavy (non-hydrogen) atoms. The van der Waals surface area contributed by atoms with E-state index in [4.69, 9.17) is 5.11 Å². The molecule has 0 fully saturated rings. The van der Waals surface area contributed by atoms with Gasteiger partial charge in [0.2, 0.25) is 0 Å². The highest BCUT2D eigenvalue weighted by Gasteiger charge is 2.07. The second kappa shape index (κ2) is 7.17. The zero-order chi connectivity index (χ0) is 15.1. The SMILES string of the molecule is Cc1cccnc1CNC(=O)c1ccc(C#CCO)cn1. The minimum absolute atomic E-state index is 0.203. The van der Waals surface area contributed by atoms with E-state index in [0.29, 0.717) is 17.8 Å². The minimum atomic E-state index is -0.262. The molecule has 106 valence electrons. The van der Waals surface area contributed by atoms with Crippen molar-refractivity contribution in [2.45, 2.75) is 13.5 Å². The molecule has 0 bridgehead atoms. The van der Waals surface area contributed by atoms with E-state index in [9.17, 15) is 4.79 Å². The Morgan fingerprint density at radius 3 is 2.86 bits per heavy atom. The van der Waals surface area contributed by atoms with Crippen LogP contribution < -0.4 is 5.32 Å². The Labute approximate surface area is 123 Å². The van der Waals surface area contributed by atoms with E-state index in [2.05, 4.69) is 27.1 Å². The molecule has 0 unspecified atom stereocenters. The normalized spacial score (nSPS) is 9.62. The van der Waals surface area contributed by atoms with Gasteiger partial charge < -0.3 is 10.4 Å². The van der Waals surface area contributed by atoms with Crippen molar-refractivity contribution in [2.24, 2.45) is 0 Å². The van der Waals surface area contributed by atoms with Crippen LogP contribution in [0.5, 0.6) is 0 Å². The molecular formula is C16H15N3O2. The molecule has 1 amide bonds. The van der Waals surface area contributed by atoms with E-state index >= 15 is 0 Å². The summed E-state index contributed by atoms with van der Waals surface area (Å²) in [5.74, 6) is 4.98. The lowest BCUT2D eigenvalue weighted by Crippen LogP contribution is -2.24. The first kappa shape index (κ1) is 14.7. The van der Waals surface area contributed by atoms with Crippen molar-refractivity contribution in [3.63, 3.8) is 0 Å². The van der Waals surface area contributed by atoms with Crippen LogP contribution in [0, 0.1) is 18.8 Å². The van der Waals surface area contributed by atoms with Crippen LogP contribution in [0.1, 0.15) is 27.3 Å². The smallest absolute Gasteiger partial charge is 0.270 e. The van der Waals surface area contributed by atoms with Gasteiger partial charge in [-0.15, -0.1) is 0 Å². The number of aliphatic hydroxyl groups excluding tert-OH is 1. The van der Waals surface area contributed by atoms with Gasteiger partial charge in [-0.3, -0.25) is 9.78 Å². The largest absolute Gasteiger partial charge is 0.384 e. The summed E-state index contributed by atoms with van der Waals surface area (Å²) in [6, 6.07) is 7.09. The molecule has 0 aliphatic carbocycles. The molecule has 2 rings (SSSR count). The fraction of sp³-hybridized carbons (Fsp3) is 0.188. The van der Waals surface area contributed by atoms with Gasteiger partial charge in [0.15, 0.2) is 0 Å². The van der Waals surface area contributed by atoms with Crippen LogP contribution in [0.4, 0.5) is 0 Å². The molecular weight excluding hydrogens is 266 g/mol. The zero-order valence-corrected chi connectivity index (χ0v) is 11.6. The molecule has 0 atom stereocenters. The van der Waals surface area contributed by atoms with Crippen molar-refractivity contribution >= 4 is 5.91 Å². The van der Waals surface area contributed by atoms with Crippen LogP contribution >= 0.6 is 0 Å². The average molecular weight is 281 g/mol. The number of amides is 1. The molecule has 0 aromatic carbocycles. The Morgan fingerprint density at radius 1 is 1.33 bits per heavy atom. The Balaban J connectivity index is 1.99. The van der Waals surface area contributed by atoms with Crippen molar-refractivity contribution in [2.75, 3.05) is 6.61 Å². The Bertz CT molecular complexity index is 685. The zero-order valence-electron chi connectivity index (χ0n) is 11.6. The van der Waals surface area contributed by atoms with Gasteiger partial charge in [-0.1, -0.05) is 17.9 Å². The molecule has 0 radical (unpaired) electrons. The third-order valence-corrected chi connectivity index (χ3v) is 2.84. The topological polar surface area (TPSA) is 75.1 Å². The maximum atomic E-state index is 12.0. The van der Waals surface area contributed by atoms with Gasteiger partial charge in [-0.05, 0) is 30.7 Å². The predicted octanol–water partition coefficient (Wildman–Crippen LogP) is 1.06. The standard InChI is InChI=1S/C16H15N3O2/c1-12-4-2-8-17-15(12)11-19-16(21)14-7-6-13(10-18-14)5-3-9-20/h2,4,6-8,10,20H,9,11H2,1H3,(H,19,21). The van der Waals surface area contributed by atoms with E-state index in [-0.39, 0.29) is 12.5 Å². The highest BCUT2D eigenvalue weighted by atomic mass is 16.2. The number of aromatic nitrogens is 2. The lowest BCUT2D eigenvalue weighted by molar-refractivity contribution is 0.0945. The first-order valence-corrected chi connectivity index (χ1v) is 6.45. The molecule has 5 heteroatoms. The number of nitrogens with one attached hydrogen (secondary N) is 1. The number of hydrogen-bond donors (Lipinski definition) is 2. The number of aryl methyl sites for hydroxylation is 1. The van der Waals surface area contributed by atoms with Crippen LogP contribution in [0.25, 0.3) is 0 Å². The predicted molar refractivity (Wildman–Crippen MR) is 78.3 cm³/mol. The highest BCUT2D eigenvalue weighted by molar-refractivity contribution is 5.92. The number of carbonyl (C=O) groups is 1. The quantitative estimate of drug-likeness (QED) is 0.825. The molecule has 2 aromatic rings. The van der Waals surface area contributed by atoms with Crippen LogP contribution in [-0.4, -0.2) is 27.6 Å². The molecule has 5 nitrogen and oxygen atoms in total. The molecule has 0 spiro atoms. The van der Waals surface area contributed by atoms with Gasteiger partial charge in [-0.25, -0.2) is 4.98 Å². The third kappa shape index (κ3) is 4.13. The van der Waals surface area contributed by atoms with Crippen LogP contribution in [-0.2, 0) is 6.54 Å². The molecule has 2 aromatic heterocycles. The monoisotopic (exact) mass is 281 g/mol. The van der Waals surface area contributed by atoms with Crippen LogP contribution in [0.2, 0.25) is 0 Å². The number of rotatable bonds is 3. The number of carbonyl (C=O) groups excluding carboxylic acids is 1. The second-order valence-corrected chi connectivity index (χ2v) is 4.34. The van der Waals surface area contributed by atoms with Gasteiger partial charge in [0.05, 0.1) is 12.2 Å². The maximum Gasteiger partial charge on any atom is 0.270 e. The lowest BCUT2D eigenvalue weighted by atomic mass is 10.2. The van der Waals surface area contributed by atoms with E-state index in [1.54, 1.807) is 18.3 Å². The van der Waals surface area contributed by atoms with E-state index < -0.39 is 0 Å². The van der Waals surface area contributed by atoms with E-state index in [1.165, 1.54) is 6.20 Å². The highest BCUT2D eigenvalue weighted by Crippen LogP contribution is 2.03. The van der Waals surface area contributed by atoms with Gasteiger partial charge in [0, 0.05) is 18.0 Å². The summed E-state index contributed by atoms with van der Waals surface area (Å²) in [6.45, 7) is 2.10. The summed E-state index contributed by atoms with van der Waals surface area (Å²) in [7, 11) is 0. The Kier molecular flexibility index (Phi) is 5.02. The Hall–Kier alpha value is -2.71. The lowest BCUT2D eigenvalue weighted by Gasteiger charge is -2.06. The van der Waals surface area contributed by atoms with Crippen molar-refractivity contribution < 1.29 is 9.90 Å². The summed E-state index contributed by atoms with van der Waals surface area (Å²) >= 11 is 0. The van der Waals surface area contributed by atoms with Gasteiger partial charge in [0.25, 0.3) is 5.91 Å². The first-order chi connectivity index (χ1) is 10.2. The van der Waals surface area contributed by atoms with Crippen molar-refractivity contribution in [3.05, 3.63) is 59.2 Å². The van der Waals surface area contributed by atoms with E-state index in [0.717, 1.165) is 11.3 Å². The fourth-order valence-electron chi connectivity index (χ4n) is 1.70. The summed E-state index contributed by atoms with van der Waals surface area (Å²) in [6.07, 6.45) is 3.20. The summed E-state index contributed by atoms with van der Waals surface area (Å²) < 4.78 is 0. The van der Waals surface area contributed by atoms with Gasteiger partial charge in [0.1, 0.15) is 12.3 Å². The first-order valence-electron chi connectivity index (χ1n) is 6.45. The van der Waals surface area contributed by atoms with Gasteiger partial charge in [-0.2, -0.15) is 0 Å². The van der Waals surface area contributed by atoms with E-state index in [1.807, 2.05) is 19.1 Å². The molecule has 2 N–H and O–H groups in total. The van der Waals surface area contributed by atoms with Crippen LogP contribution in [0.15, 0.2) is 36.7 Å². The van der Waals surface area contributed by atoms with Crippen molar-refractivity contribution in [3.8, 4) is 11.8 Å². The number of aliphatic hydroxyl groups is 1. The second-order valence-electron chi connectivity index (χ2n) is 4.34. The fourth-order valence-corrected chi connectivity index (χ4v) is 1.70. The number of hydrogen-bond acceptors (Lipinski definition) is 4. The van der Waals surface area contributed by atoms with Gasteiger partial charge >= 0.3 is 0 Å². The molecule has 0 saturated heterocycles. The minimum Gasteiger partial charge on any atom is -0.384 e. The summed E-state index contributed by atoms with van der Waals surface area (Å²) in [5.41, 5.74) is 2.83. The molecule has 0 saturated carbocycles. The molecule has 2 heterocycles. The molecule has 0 aliphatic heterocycles. The summed E-state index contributed by atoms with van der Waals surface area (Å²) in [5, 5.41) is 11.4. The Morgan fingerprint density at radius 2 is 2.19 bits per heavy atom. The number of nitrogens with zero attached hydrogens (tertiary/aromatic N) is 2. The average Bonchev–Trinajstić information content (AvgIpc) is 2.52. The maximum absolute atomic E-state index is 12.0. The van der Waals surface area contributed by atoms with Crippen LogP contribution in [0.3, 0.4) is 0 Å². The molecule has 0 aliphatic rings.